The van der Waals surface area contributed by atoms with Crippen LogP contribution in [0, 0.1) is 11.8 Å². The van der Waals surface area contributed by atoms with Crippen molar-refractivity contribution in [2.45, 2.75) is 63.5 Å². The van der Waals surface area contributed by atoms with Gasteiger partial charge in [-0.25, -0.2) is 0 Å². The average molecular weight is 293 g/mol. The van der Waals surface area contributed by atoms with E-state index >= 15 is 0 Å². The third kappa shape index (κ3) is 3.39. The second kappa shape index (κ2) is 6.34. The average Bonchev–Trinajstić information content (AvgIpc) is 2.90. The Balaban J connectivity index is 1.56. The minimum Gasteiger partial charge on any atom is -0.370 e. The van der Waals surface area contributed by atoms with E-state index in [9.17, 15) is 9.59 Å². The molecule has 0 spiro atoms. The number of amides is 2. The van der Waals surface area contributed by atoms with Crippen LogP contribution in [0.25, 0.3) is 0 Å². The summed E-state index contributed by atoms with van der Waals surface area (Å²) in [5.41, 5.74) is 5.29. The van der Waals surface area contributed by atoms with Crippen LogP contribution in [0.4, 0.5) is 0 Å². The molecule has 118 valence electrons. The lowest BCUT2D eigenvalue weighted by molar-refractivity contribution is -0.135. The first-order chi connectivity index (χ1) is 10.1. The summed E-state index contributed by atoms with van der Waals surface area (Å²) in [6.45, 7) is 1.54. The summed E-state index contributed by atoms with van der Waals surface area (Å²) < 4.78 is 0. The van der Waals surface area contributed by atoms with Gasteiger partial charge in [0.1, 0.15) is 0 Å². The Hall–Kier alpha value is -1.10. The van der Waals surface area contributed by atoms with Crippen molar-refractivity contribution in [1.29, 1.82) is 0 Å². The molecule has 21 heavy (non-hydrogen) atoms. The number of nitrogens with zero attached hydrogens (tertiary/aromatic N) is 1. The second-order valence-corrected chi connectivity index (χ2v) is 7.07. The largest absolute Gasteiger partial charge is 0.370 e. The van der Waals surface area contributed by atoms with Gasteiger partial charge in [0, 0.05) is 25.6 Å². The van der Waals surface area contributed by atoms with E-state index in [0.717, 1.165) is 25.8 Å². The SMILES string of the molecule is NC(=O)CC1CCCN(C(=O)C2CC3CCCCC3N2)C1. The first-order valence-electron chi connectivity index (χ1n) is 8.46. The number of rotatable bonds is 3. The molecule has 3 rings (SSSR count). The molecule has 0 aromatic rings. The molecule has 3 N–H and O–H groups in total. The Morgan fingerprint density at radius 1 is 1.14 bits per heavy atom. The molecule has 4 atom stereocenters. The van der Waals surface area contributed by atoms with Crippen LogP contribution in [0.15, 0.2) is 0 Å². The van der Waals surface area contributed by atoms with Crippen LogP contribution in [0.3, 0.4) is 0 Å². The van der Waals surface area contributed by atoms with Crippen molar-refractivity contribution in [2.24, 2.45) is 17.6 Å². The lowest BCUT2D eigenvalue weighted by Crippen LogP contribution is -2.49. The Kier molecular flexibility index (Phi) is 4.48. The molecule has 4 unspecified atom stereocenters. The highest BCUT2D eigenvalue weighted by molar-refractivity contribution is 5.82. The van der Waals surface area contributed by atoms with Crippen molar-refractivity contribution in [2.75, 3.05) is 13.1 Å². The predicted octanol–water partition coefficient (Wildman–Crippen LogP) is 1.02. The lowest BCUT2D eigenvalue weighted by atomic mass is 9.85. The molecule has 0 bridgehead atoms. The van der Waals surface area contributed by atoms with E-state index in [1.807, 2.05) is 4.90 Å². The molecule has 5 heteroatoms. The highest BCUT2D eigenvalue weighted by Crippen LogP contribution is 2.34. The number of carbonyl (C=O) groups excluding carboxylic acids is 2. The summed E-state index contributed by atoms with van der Waals surface area (Å²) in [6, 6.07) is 0.560. The van der Waals surface area contributed by atoms with Crippen LogP contribution in [-0.2, 0) is 9.59 Å². The molecule has 5 nitrogen and oxygen atoms in total. The lowest BCUT2D eigenvalue weighted by Gasteiger charge is -2.34. The van der Waals surface area contributed by atoms with E-state index in [4.69, 9.17) is 5.73 Å². The number of piperidine rings is 1. The monoisotopic (exact) mass is 293 g/mol. The molecule has 2 saturated heterocycles. The van der Waals surface area contributed by atoms with E-state index in [0.29, 0.717) is 24.9 Å². The minimum absolute atomic E-state index is 0.00503. The molecule has 3 aliphatic rings. The van der Waals surface area contributed by atoms with Crippen molar-refractivity contribution in [3.05, 3.63) is 0 Å². The van der Waals surface area contributed by atoms with Gasteiger partial charge in [-0.05, 0) is 43.9 Å². The fraction of sp³-hybridized carbons (Fsp3) is 0.875. The van der Waals surface area contributed by atoms with Gasteiger partial charge in [0.2, 0.25) is 11.8 Å². The molecular weight excluding hydrogens is 266 g/mol. The van der Waals surface area contributed by atoms with Crippen molar-refractivity contribution in [3.8, 4) is 0 Å². The Bertz CT molecular complexity index is 398. The van der Waals surface area contributed by atoms with Gasteiger partial charge in [-0.2, -0.15) is 0 Å². The molecule has 2 aliphatic heterocycles. The number of hydrogen-bond donors (Lipinski definition) is 2. The molecule has 2 heterocycles. The number of likely N-dealkylation sites (tertiary alicyclic amines) is 1. The van der Waals surface area contributed by atoms with Gasteiger partial charge in [0.25, 0.3) is 0 Å². The van der Waals surface area contributed by atoms with Crippen LogP contribution in [0.5, 0.6) is 0 Å². The maximum atomic E-state index is 12.7. The summed E-state index contributed by atoms with van der Waals surface area (Å²) in [5.74, 6) is 0.945. The normalized spacial score (nSPS) is 36.3. The number of hydrogen-bond acceptors (Lipinski definition) is 3. The molecule has 0 radical (unpaired) electrons. The zero-order valence-corrected chi connectivity index (χ0v) is 12.7. The third-order valence-electron chi connectivity index (χ3n) is 5.48. The van der Waals surface area contributed by atoms with Gasteiger partial charge in [0.05, 0.1) is 6.04 Å². The summed E-state index contributed by atoms with van der Waals surface area (Å²) in [4.78, 5) is 25.8. The molecular formula is C16H27N3O2. The van der Waals surface area contributed by atoms with Crippen molar-refractivity contribution >= 4 is 11.8 Å². The van der Waals surface area contributed by atoms with Crippen LogP contribution < -0.4 is 11.1 Å². The van der Waals surface area contributed by atoms with Crippen LogP contribution in [0.2, 0.25) is 0 Å². The first-order valence-corrected chi connectivity index (χ1v) is 8.46. The summed E-state index contributed by atoms with van der Waals surface area (Å²) in [7, 11) is 0. The Morgan fingerprint density at radius 2 is 1.95 bits per heavy atom. The van der Waals surface area contributed by atoms with Gasteiger partial charge in [0.15, 0.2) is 0 Å². The van der Waals surface area contributed by atoms with Gasteiger partial charge in [-0.1, -0.05) is 12.8 Å². The van der Waals surface area contributed by atoms with Gasteiger partial charge in [-0.15, -0.1) is 0 Å². The smallest absolute Gasteiger partial charge is 0.239 e. The fourth-order valence-corrected chi connectivity index (χ4v) is 4.45. The highest BCUT2D eigenvalue weighted by Gasteiger charge is 2.40. The fourth-order valence-electron chi connectivity index (χ4n) is 4.45. The van der Waals surface area contributed by atoms with E-state index < -0.39 is 0 Å². The zero-order valence-electron chi connectivity index (χ0n) is 12.7. The topological polar surface area (TPSA) is 75.4 Å². The summed E-state index contributed by atoms with van der Waals surface area (Å²) in [5, 5.41) is 3.56. The molecule has 1 saturated carbocycles. The maximum Gasteiger partial charge on any atom is 0.239 e. The third-order valence-corrected chi connectivity index (χ3v) is 5.48. The van der Waals surface area contributed by atoms with Crippen LogP contribution in [-0.4, -0.2) is 41.9 Å². The van der Waals surface area contributed by atoms with E-state index in [2.05, 4.69) is 5.32 Å². The molecule has 1 aliphatic carbocycles. The zero-order chi connectivity index (χ0) is 14.8. The first kappa shape index (κ1) is 14.8. The molecule has 0 aromatic carbocycles. The molecule has 0 aromatic heterocycles. The van der Waals surface area contributed by atoms with Crippen LogP contribution >= 0.6 is 0 Å². The van der Waals surface area contributed by atoms with Crippen LogP contribution in [0.1, 0.15) is 51.4 Å². The predicted molar refractivity (Wildman–Crippen MR) is 80.4 cm³/mol. The summed E-state index contributed by atoms with van der Waals surface area (Å²) >= 11 is 0. The van der Waals surface area contributed by atoms with Gasteiger partial charge >= 0.3 is 0 Å². The molecule has 2 amide bonds. The van der Waals surface area contributed by atoms with Gasteiger partial charge in [-0.3, -0.25) is 9.59 Å². The number of carbonyl (C=O) groups is 2. The van der Waals surface area contributed by atoms with E-state index in [1.54, 1.807) is 0 Å². The Morgan fingerprint density at radius 3 is 2.71 bits per heavy atom. The number of nitrogens with two attached hydrogens (primary N) is 1. The van der Waals surface area contributed by atoms with Crippen molar-refractivity contribution in [3.63, 3.8) is 0 Å². The summed E-state index contributed by atoms with van der Waals surface area (Å²) in [6.07, 6.45) is 8.51. The highest BCUT2D eigenvalue weighted by atomic mass is 16.2. The molecule has 3 fully saturated rings. The van der Waals surface area contributed by atoms with Gasteiger partial charge < -0.3 is 16.0 Å². The number of nitrogens with one attached hydrogen (secondary N) is 1. The van der Waals surface area contributed by atoms with Crippen molar-refractivity contribution in [1.82, 2.24) is 10.2 Å². The number of primary amides is 1. The second-order valence-electron chi connectivity index (χ2n) is 7.07. The quantitative estimate of drug-likeness (QED) is 0.816. The number of fused-ring (bicyclic) bond motifs is 1. The minimum atomic E-state index is -0.251. The Labute approximate surface area is 126 Å². The maximum absolute atomic E-state index is 12.7. The van der Waals surface area contributed by atoms with E-state index in [1.165, 1.54) is 25.7 Å². The van der Waals surface area contributed by atoms with Crippen molar-refractivity contribution < 1.29 is 9.59 Å². The van der Waals surface area contributed by atoms with E-state index in [-0.39, 0.29) is 23.8 Å². The standard InChI is InChI=1S/C16H27N3O2/c17-15(20)8-11-4-3-7-19(10-11)16(21)14-9-12-5-1-2-6-13(12)18-14/h11-14,18H,1-10H2,(H2,17,20).